The third-order valence-corrected chi connectivity index (χ3v) is 5.24. The summed E-state index contributed by atoms with van der Waals surface area (Å²) in [6, 6.07) is 0. The van der Waals surface area contributed by atoms with Gasteiger partial charge < -0.3 is 25.2 Å². The van der Waals surface area contributed by atoms with Crippen molar-refractivity contribution >= 4 is 17.9 Å². The van der Waals surface area contributed by atoms with E-state index in [1.165, 1.54) is 116 Å². The Kier molecular flexibility index (Phi) is 42.1. The number of rotatable bonds is 21. The Labute approximate surface area is 237 Å². The first-order valence-corrected chi connectivity index (χ1v) is 14.3. The number of hydrogen-bond donors (Lipinski definition) is 4. The zero-order valence-corrected chi connectivity index (χ0v) is 25.1. The van der Waals surface area contributed by atoms with Crippen LogP contribution < -0.4 is 0 Å². The number of hydrogen-bond acceptors (Lipinski definition) is 6. The van der Waals surface area contributed by atoms with Gasteiger partial charge in [0.05, 0.1) is 19.8 Å². The molecular formula is C31H58O8. The number of esters is 1. The van der Waals surface area contributed by atoms with E-state index in [-0.39, 0.29) is 30.3 Å². The van der Waals surface area contributed by atoms with Gasteiger partial charge in [0.1, 0.15) is 0 Å². The van der Waals surface area contributed by atoms with Gasteiger partial charge in [-0.1, -0.05) is 123 Å². The van der Waals surface area contributed by atoms with Crippen LogP contribution in [0.1, 0.15) is 124 Å². The number of carboxylic acid groups (broad SMARTS) is 2. The van der Waals surface area contributed by atoms with Crippen LogP contribution in [0.3, 0.4) is 0 Å². The van der Waals surface area contributed by atoms with Crippen LogP contribution in [0.15, 0.2) is 37.0 Å². The van der Waals surface area contributed by atoms with Crippen molar-refractivity contribution in [1.29, 1.82) is 0 Å². The first kappa shape index (κ1) is 43.6. The standard InChI is InChI=1S/C21H40O2.2C4H6O2.C2H6O2/c1-3-5-6-7-8-9-10-11-12-13-14-15-16-17-18-19-20-23-21(22)4-2;2*1-3(2)4(5)6;3-1-2-4/h4H,2-3,5-20H2,1H3;2*1H2,2H3,(H,5,6);3-4H,1-2H2. The largest absolute Gasteiger partial charge is 0.478 e. The Morgan fingerprint density at radius 2 is 0.872 bits per heavy atom. The molecule has 0 aliphatic rings. The molecule has 0 spiro atoms. The average molecular weight is 559 g/mol. The molecule has 0 aliphatic carbocycles. The molecule has 0 heterocycles. The SMILES string of the molecule is C=C(C)C(=O)O.C=C(C)C(=O)O.C=CC(=O)OCCCCCCCCCCCCCCCCCC.OCCO. The predicted octanol–water partition coefficient (Wildman–Crippen LogP) is 7.24. The summed E-state index contributed by atoms with van der Waals surface area (Å²) < 4.78 is 4.95. The van der Waals surface area contributed by atoms with Crippen molar-refractivity contribution in [3.63, 3.8) is 0 Å². The second-order valence-corrected chi connectivity index (χ2v) is 9.29. The fourth-order valence-electron chi connectivity index (χ4n) is 2.88. The fourth-order valence-corrected chi connectivity index (χ4v) is 2.88. The second-order valence-electron chi connectivity index (χ2n) is 9.29. The minimum absolute atomic E-state index is 0.125. The third kappa shape index (κ3) is 52.7. The molecule has 39 heavy (non-hydrogen) atoms. The van der Waals surface area contributed by atoms with Crippen LogP contribution in [-0.4, -0.2) is 58.2 Å². The van der Waals surface area contributed by atoms with Crippen molar-refractivity contribution in [2.24, 2.45) is 0 Å². The Balaban J connectivity index is -0.000000309. The number of carbonyl (C=O) groups is 3. The Morgan fingerprint density at radius 3 is 1.08 bits per heavy atom. The van der Waals surface area contributed by atoms with Crippen LogP contribution in [-0.2, 0) is 19.1 Å². The van der Waals surface area contributed by atoms with Crippen LogP contribution in [0.25, 0.3) is 0 Å². The molecule has 0 aromatic rings. The zero-order valence-electron chi connectivity index (χ0n) is 25.1. The lowest BCUT2D eigenvalue weighted by atomic mass is 10.0. The molecule has 4 N–H and O–H groups in total. The van der Waals surface area contributed by atoms with Crippen molar-refractivity contribution in [3.8, 4) is 0 Å². The van der Waals surface area contributed by atoms with E-state index in [1.807, 2.05) is 0 Å². The average Bonchev–Trinajstić information content (AvgIpc) is 2.90. The van der Waals surface area contributed by atoms with Crippen molar-refractivity contribution in [2.75, 3.05) is 19.8 Å². The van der Waals surface area contributed by atoms with Crippen LogP contribution in [0.2, 0.25) is 0 Å². The normalized spacial score (nSPS) is 9.36. The molecule has 0 bridgehead atoms. The van der Waals surface area contributed by atoms with Crippen molar-refractivity contribution in [2.45, 2.75) is 124 Å². The van der Waals surface area contributed by atoms with E-state index in [0.717, 1.165) is 6.42 Å². The maximum Gasteiger partial charge on any atom is 0.330 e. The highest BCUT2D eigenvalue weighted by molar-refractivity contribution is 5.85. The summed E-state index contributed by atoms with van der Waals surface area (Å²) in [4.78, 5) is 30.0. The molecule has 0 fully saturated rings. The number of carboxylic acids is 2. The van der Waals surface area contributed by atoms with Crippen molar-refractivity contribution < 1.29 is 39.5 Å². The minimum Gasteiger partial charge on any atom is -0.478 e. The van der Waals surface area contributed by atoms with Crippen molar-refractivity contribution in [3.05, 3.63) is 37.0 Å². The van der Waals surface area contributed by atoms with Gasteiger partial charge in [-0.05, 0) is 20.3 Å². The minimum atomic E-state index is -0.935. The lowest BCUT2D eigenvalue weighted by Crippen LogP contribution is -2.01. The van der Waals surface area contributed by atoms with Crippen LogP contribution in [0.5, 0.6) is 0 Å². The fraction of sp³-hybridized carbons (Fsp3) is 0.710. The monoisotopic (exact) mass is 558 g/mol. The molecule has 8 nitrogen and oxygen atoms in total. The predicted molar refractivity (Wildman–Crippen MR) is 160 cm³/mol. The summed E-state index contributed by atoms with van der Waals surface area (Å²) in [7, 11) is 0. The van der Waals surface area contributed by atoms with Gasteiger partial charge in [0, 0.05) is 17.2 Å². The third-order valence-electron chi connectivity index (χ3n) is 5.24. The maximum atomic E-state index is 10.8. The Hall–Kier alpha value is -2.45. The zero-order chi connectivity index (χ0) is 30.7. The van der Waals surface area contributed by atoms with Crippen LogP contribution >= 0.6 is 0 Å². The molecule has 0 aliphatic heterocycles. The van der Waals surface area contributed by atoms with Gasteiger partial charge in [0.15, 0.2) is 0 Å². The molecule has 0 aromatic carbocycles. The topological polar surface area (TPSA) is 141 Å². The number of unbranched alkanes of at least 4 members (excludes halogenated alkanes) is 15. The summed E-state index contributed by atoms with van der Waals surface area (Å²) in [6.45, 7) is 15.2. The van der Waals surface area contributed by atoms with Gasteiger partial charge in [-0.25, -0.2) is 14.4 Å². The highest BCUT2D eigenvalue weighted by Crippen LogP contribution is 2.13. The van der Waals surface area contributed by atoms with Gasteiger partial charge in [-0.3, -0.25) is 0 Å². The lowest BCUT2D eigenvalue weighted by Gasteiger charge is -2.04. The first-order chi connectivity index (χ1) is 18.5. The molecule has 0 radical (unpaired) electrons. The van der Waals surface area contributed by atoms with E-state index >= 15 is 0 Å². The van der Waals surface area contributed by atoms with E-state index in [1.54, 1.807) is 0 Å². The van der Waals surface area contributed by atoms with Crippen molar-refractivity contribution in [1.82, 2.24) is 0 Å². The molecule has 8 heteroatoms. The van der Waals surface area contributed by atoms with Crippen LogP contribution in [0.4, 0.5) is 0 Å². The smallest absolute Gasteiger partial charge is 0.330 e. The van der Waals surface area contributed by atoms with E-state index < -0.39 is 11.9 Å². The summed E-state index contributed by atoms with van der Waals surface area (Å²) in [5, 5.41) is 31.0. The lowest BCUT2D eigenvalue weighted by molar-refractivity contribution is -0.138. The van der Waals surface area contributed by atoms with Gasteiger partial charge in [-0.15, -0.1) is 0 Å². The van der Waals surface area contributed by atoms with E-state index in [2.05, 4.69) is 26.7 Å². The van der Waals surface area contributed by atoms with E-state index in [0.29, 0.717) is 6.61 Å². The summed E-state index contributed by atoms with van der Waals surface area (Å²) in [5.74, 6) is -2.17. The Morgan fingerprint density at radius 1 is 0.615 bits per heavy atom. The summed E-state index contributed by atoms with van der Waals surface area (Å²) in [6.07, 6.45) is 23.0. The van der Waals surface area contributed by atoms with Gasteiger partial charge >= 0.3 is 17.9 Å². The molecule has 0 saturated heterocycles. The second kappa shape index (κ2) is 37.7. The maximum absolute atomic E-state index is 10.8. The summed E-state index contributed by atoms with van der Waals surface area (Å²) in [5.41, 5.74) is 0.352. The quantitative estimate of drug-likeness (QED) is 0.0656. The number of aliphatic carboxylic acids is 2. The molecule has 0 saturated carbocycles. The number of aliphatic hydroxyl groups excluding tert-OH is 2. The number of aliphatic hydroxyl groups is 2. The Bertz CT molecular complexity index is 564. The van der Waals surface area contributed by atoms with E-state index in [9.17, 15) is 14.4 Å². The molecule has 0 aromatic heterocycles. The molecule has 0 atom stereocenters. The van der Waals surface area contributed by atoms with E-state index in [4.69, 9.17) is 25.2 Å². The molecule has 0 unspecified atom stereocenters. The molecule has 0 rings (SSSR count). The van der Waals surface area contributed by atoms with Crippen LogP contribution in [0, 0.1) is 0 Å². The van der Waals surface area contributed by atoms with Gasteiger partial charge in [0.2, 0.25) is 0 Å². The highest BCUT2D eigenvalue weighted by atomic mass is 16.5. The highest BCUT2D eigenvalue weighted by Gasteiger charge is 1.96. The summed E-state index contributed by atoms with van der Waals surface area (Å²) >= 11 is 0. The molecular weight excluding hydrogens is 500 g/mol. The molecule has 230 valence electrons. The first-order valence-electron chi connectivity index (χ1n) is 14.3. The molecule has 0 amide bonds. The van der Waals surface area contributed by atoms with Gasteiger partial charge in [0.25, 0.3) is 0 Å². The number of ether oxygens (including phenoxy) is 1. The van der Waals surface area contributed by atoms with Gasteiger partial charge in [-0.2, -0.15) is 0 Å². The number of carbonyl (C=O) groups excluding carboxylic acids is 1.